The summed E-state index contributed by atoms with van der Waals surface area (Å²) in [6.45, 7) is 2.10. The molecule has 0 unspecified atom stereocenters. The van der Waals surface area contributed by atoms with E-state index in [2.05, 4.69) is 16.9 Å². The smallest absolute Gasteiger partial charge is 0.253 e. The van der Waals surface area contributed by atoms with Crippen LogP contribution in [-0.2, 0) is 5.54 Å². The van der Waals surface area contributed by atoms with Gasteiger partial charge in [0, 0.05) is 29.4 Å². The lowest BCUT2D eigenvalue weighted by Gasteiger charge is -2.12. The van der Waals surface area contributed by atoms with Gasteiger partial charge in [0.25, 0.3) is 5.56 Å². The highest BCUT2D eigenvalue weighted by Crippen LogP contribution is 2.41. The van der Waals surface area contributed by atoms with Gasteiger partial charge in [0.15, 0.2) is 0 Å². The van der Waals surface area contributed by atoms with Crippen LogP contribution in [0.2, 0.25) is 0 Å². The molecule has 2 aromatic rings. The lowest BCUT2D eigenvalue weighted by Crippen LogP contribution is -2.27. The van der Waals surface area contributed by atoms with Crippen LogP contribution in [0.3, 0.4) is 0 Å². The van der Waals surface area contributed by atoms with E-state index in [4.69, 9.17) is 0 Å². The van der Waals surface area contributed by atoms with E-state index in [0.29, 0.717) is 0 Å². The van der Waals surface area contributed by atoms with Gasteiger partial charge in [-0.15, -0.1) is 0 Å². The molecule has 3 rings (SSSR count). The average Bonchev–Trinajstić information content (AvgIpc) is 2.96. The number of hydrogen-bond acceptors (Lipinski definition) is 3. The number of nitrogens with zero attached hydrogens (tertiary/aromatic N) is 3. The maximum Gasteiger partial charge on any atom is 0.253 e. The summed E-state index contributed by atoms with van der Waals surface area (Å²) >= 11 is 0. The molecule has 2 aromatic heterocycles. The van der Waals surface area contributed by atoms with Gasteiger partial charge in [0.2, 0.25) is 0 Å². The monoisotopic (exact) mass is 201 g/mol. The second kappa shape index (κ2) is 2.66. The van der Waals surface area contributed by atoms with Gasteiger partial charge in [0.1, 0.15) is 6.33 Å². The Bertz CT molecular complexity index is 584. The van der Waals surface area contributed by atoms with Gasteiger partial charge in [-0.1, -0.05) is 0 Å². The van der Waals surface area contributed by atoms with Crippen molar-refractivity contribution >= 4 is 10.9 Å². The lowest BCUT2D eigenvalue weighted by atomic mass is 10.2. The van der Waals surface area contributed by atoms with Crippen molar-refractivity contribution in [2.24, 2.45) is 0 Å². The molecule has 0 atom stereocenters. The Morgan fingerprint density at radius 3 is 3.00 bits per heavy atom. The van der Waals surface area contributed by atoms with Gasteiger partial charge in [0.05, 0.1) is 5.52 Å². The molecule has 0 spiro atoms. The van der Waals surface area contributed by atoms with Crippen LogP contribution in [0.15, 0.2) is 29.6 Å². The number of aromatic nitrogens is 3. The third kappa shape index (κ3) is 1.25. The maximum atomic E-state index is 11.8. The van der Waals surface area contributed by atoms with Gasteiger partial charge in [-0.2, -0.15) is 0 Å². The van der Waals surface area contributed by atoms with Crippen molar-refractivity contribution in [1.82, 2.24) is 14.5 Å². The summed E-state index contributed by atoms with van der Waals surface area (Å²) in [6.07, 6.45) is 7.22. The van der Waals surface area contributed by atoms with Crippen LogP contribution in [0, 0.1) is 0 Å². The van der Waals surface area contributed by atoms with E-state index in [0.717, 1.165) is 23.7 Å². The predicted molar refractivity (Wildman–Crippen MR) is 56.7 cm³/mol. The standard InChI is InChI=1S/C11H11N3O/c1-11(2-3-11)14-6-8-5-12-7-13-9(8)4-10(14)15/h4-7H,2-3H2,1H3. The van der Waals surface area contributed by atoms with Crippen LogP contribution in [0.1, 0.15) is 19.8 Å². The van der Waals surface area contributed by atoms with Crippen LogP contribution in [0.25, 0.3) is 10.9 Å². The van der Waals surface area contributed by atoms with Crippen molar-refractivity contribution in [1.29, 1.82) is 0 Å². The summed E-state index contributed by atoms with van der Waals surface area (Å²) in [5.41, 5.74) is 0.776. The highest BCUT2D eigenvalue weighted by Gasteiger charge is 2.39. The Hall–Kier alpha value is -1.71. The zero-order valence-corrected chi connectivity index (χ0v) is 8.47. The molecule has 76 valence electrons. The molecule has 15 heavy (non-hydrogen) atoms. The molecular weight excluding hydrogens is 190 g/mol. The highest BCUT2D eigenvalue weighted by atomic mass is 16.1. The molecule has 0 saturated heterocycles. The third-order valence-corrected chi connectivity index (χ3v) is 3.09. The van der Waals surface area contributed by atoms with E-state index in [1.807, 2.05) is 6.20 Å². The van der Waals surface area contributed by atoms with Crippen LogP contribution in [-0.4, -0.2) is 14.5 Å². The molecule has 1 fully saturated rings. The van der Waals surface area contributed by atoms with Crippen molar-refractivity contribution in [3.05, 3.63) is 35.1 Å². The summed E-state index contributed by atoms with van der Waals surface area (Å²) in [7, 11) is 0. The fourth-order valence-corrected chi connectivity index (χ4v) is 1.80. The molecule has 1 aliphatic carbocycles. The molecule has 0 aromatic carbocycles. The molecule has 2 heterocycles. The summed E-state index contributed by atoms with van der Waals surface area (Å²) in [5.74, 6) is 0. The summed E-state index contributed by atoms with van der Waals surface area (Å²) in [6, 6.07) is 1.58. The Kier molecular flexibility index (Phi) is 1.52. The second-order valence-electron chi connectivity index (χ2n) is 4.34. The van der Waals surface area contributed by atoms with E-state index in [1.165, 1.54) is 6.33 Å². The van der Waals surface area contributed by atoms with E-state index >= 15 is 0 Å². The largest absolute Gasteiger partial charge is 0.309 e. The number of fused-ring (bicyclic) bond motifs is 1. The van der Waals surface area contributed by atoms with E-state index < -0.39 is 0 Å². The van der Waals surface area contributed by atoms with Gasteiger partial charge in [-0.25, -0.2) is 9.97 Å². The molecule has 4 nitrogen and oxygen atoms in total. The van der Waals surface area contributed by atoms with Crippen molar-refractivity contribution in [3.8, 4) is 0 Å². The number of rotatable bonds is 1. The molecular formula is C11H11N3O. The van der Waals surface area contributed by atoms with Gasteiger partial charge in [-0.3, -0.25) is 4.79 Å². The molecule has 0 N–H and O–H groups in total. The summed E-state index contributed by atoms with van der Waals surface area (Å²) < 4.78 is 1.80. The average molecular weight is 201 g/mol. The first kappa shape index (κ1) is 8.59. The zero-order chi connectivity index (χ0) is 10.5. The number of hydrogen-bond donors (Lipinski definition) is 0. The molecule has 0 amide bonds. The molecule has 4 heteroatoms. The quantitative estimate of drug-likeness (QED) is 0.698. The molecule has 1 saturated carbocycles. The van der Waals surface area contributed by atoms with Gasteiger partial charge >= 0.3 is 0 Å². The summed E-state index contributed by atoms with van der Waals surface area (Å²) in [4.78, 5) is 19.8. The Morgan fingerprint density at radius 1 is 1.47 bits per heavy atom. The molecule has 0 bridgehead atoms. The van der Waals surface area contributed by atoms with Crippen molar-refractivity contribution in [3.63, 3.8) is 0 Å². The van der Waals surface area contributed by atoms with E-state index in [-0.39, 0.29) is 11.1 Å². The first-order valence-corrected chi connectivity index (χ1v) is 5.02. The van der Waals surface area contributed by atoms with E-state index in [1.54, 1.807) is 16.8 Å². The molecule has 1 aliphatic rings. The topological polar surface area (TPSA) is 47.8 Å². The van der Waals surface area contributed by atoms with Crippen LogP contribution in [0.5, 0.6) is 0 Å². The molecule has 0 aliphatic heterocycles. The third-order valence-electron chi connectivity index (χ3n) is 3.09. The number of pyridine rings is 1. The summed E-state index contributed by atoms with van der Waals surface area (Å²) in [5, 5.41) is 0.922. The Labute approximate surface area is 86.6 Å². The van der Waals surface area contributed by atoms with Crippen LogP contribution < -0.4 is 5.56 Å². The minimum Gasteiger partial charge on any atom is -0.309 e. The first-order chi connectivity index (χ1) is 7.19. The van der Waals surface area contributed by atoms with Crippen LogP contribution >= 0.6 is 0 Å². The Balaban J connectivity index is 2.32. The minimum absolute atomic E-state index is 0.0289. The Morgan fingerprint density at radius 2 is 2.27 bits per heavy atom. The lowest BCUT2D eigenvalue weighted by molar-refractivity contribution is 0.516. The normalized spacial score (nSPS) is 17.9. The van der Waals surface area contributed by atoms with Crippen LogP contribution in [0.4, 0.5) is 0 Å². The van der Waals surface area contributed by atoms with Gasteiger partial charge in [-0.05, 0) is 19.8 Å². The highest BCUT2D eigenvalue weighted by molar-refractivity contribution is 5.75. The SMILES string of the molecule is CC1(n2cc3cncnc3cc2=O)CC1. The van der Waals surface area contributed by atoms with Crippen molar-refractivity contribution in [2.45, 2.75) is 25.3 Å². The van der Waals surface area contributed by atoms with Crippen molar-refractivity contribution < 1.29 is 0 Å². The molecule has 0 radical (unpaired) electrons. The maximum absolute atomic E-state index is 11.8. The fourth-order valence-electron chi connectivity index (χ4n) is 1.80. The zero-order valence-electron chi connectivity index (χ0n) is 8.47. The van der Waals surface area contributed by atoms with Crippen molar-refractivity contribution in [2.75, 3.05) is 0 Å². The van der Waals surface area contributed by atoms with Gasteiger partial charge < -0.3 is 4.57 Å². The predicted octanol–water partition coefficient (Wildman–Crippen LogP) is 1.30. The second-order valence-corrected chi connectivity index (χ2v) is 4.34. The minimum atomic E-state index is 0.0289. The van der Waals surface area contributed by atoms with E-state index in [9.17, 15) is 4.79 Å². The fraction of sp³-hybridized carbons (Fsp3) is 0.364. The first-order valence-electron chi connectivity index (χ1n) is 5.02.